The zero-order valence-corrected chi connectivity index (χ0v) is 77.0. The summed E-state index contributed by atoms with van der Waals surface area (Å²) in [5.74, 6) is 0. The zero-order valence-electron chi connectivity index (χ0n) is 77.0. The van der Waals surface area contributed by atoms with Crippen LogP contribution in [0.2, 0.25) is 0 Å². The molecule has 0 bridgehead atoms. The molecule has 660 valence electrons. The molecule has 6 heteroatoms. The summed E-state index contributed by atoms with van der Waals surface area (Å²) in [4.78, 5) is 7.04. The molecule has 0 saturated carbocycles. The van der Waals surface area contributed by atoms with Crippen molar-refractivity contribution in [2.45, 2.75) is 0 Å². The van der Waals surface area contributed by atoms with Gasteiger partial charge in [-0.15, -0.1) is 0 Å². The van der Waals surface area contributed by atoms with E-state index >= 15 is 0 Å². The first-order chi connectivity index (χ1) is 69.5. The van der Waals surface area contributed by atoms with Crippen LogP contribution in [0.4, 0.5) is 51.2 Å². The summed E-state index contributed by atoms with van der Waals surface area (Å²) in [7, 11) is 0. The lowest BCUT2D eigenvalue weighted by atomic mass is 10.0. The number of rotatable bonds is 18. The summed E-state index contributed by atoms with van der Waals surface area (Å²) in [5, 5.41) is 12.6. The highest BCUT2D eigenvalue weighted by molar-refractivity contribution is 6.12. The van der Waals surface area contributed by atoms with Crippen molar-refractivity contribution in [3.63, 3.8) is 0 Å². The van der Waals surface area contributed by atoms with Gasteiger partial charge in [0.05, 0.1) is 44.5 Å². The first kappa shape index (κ1) is 84.4. The van der Waals surface area contributed by atoms with Gasteiger partial charge in [-0.05, 0) is 247 Å². The maximum absolute atomic E-state index is 2.37. The summed E-state index contributed by atoms with van der Waals surface area (Å²) in [6.07, 6.45) is 0. The summed E-state index contributed by atoms with van der Waals surface area (Å²) in [6, 6.07) is 205. The Morgan fingerprint density at radius 2 is 0.271 bits per heavy atom. The maximum Gasteiger partial charge on any atom is 0.0541 e. The monoisotopic (exact) mass is 1790 g/mol. The number of para-hydroxylation sites is 7. The average Bonchev–Trinajstić information content (AvgIpc) is 1.60. The van der Waals surface area contributed by atoms with Gasteiger partial charge in [0.15, 0.2) is 0 Å². The van der Waals surface area contributed by atoms with E-state index in [1.54, 1.807) is 0 Å². The lowest BCUT2D eigenvalue weighted by Gasteiger charge is -2.27. The van der Waals surface area contributed by atoms with Gasteiger partial charge in [-0.1, -0.05) is 400 Å². The fraction of sp³-hybridized carbons (Fsp3) is 0. The van der Waals surface area contributed by atoms with Crippen LogP contribution in [0.15, 0.2) is 570 Å². The van der Waals surface area contributed by atoms with Crippen LogP contribution in [0.25, 0.3) is 171 Å². The molecule has 0 fully saturated rings. The van der Waals surface area contributed by atoms with Crippen molar-refractivity contribution < 1.29 is 0 Å². The van der Waals surface area contributed by atoms with E-state index in [1.807, 2.05) is 0 Å². The molecular weight excluding hydrogens is 1690 g/mol. The van der Waals surface area contributed by atoms with Crippen molar-refractivity contribution in [3.05, 3.63) is 570 Å². The Morgan fingerprint density at radius 3 is 0.507 bits per heavy atom. The lowest BCUT2D eigenvalue weighted by Crippen LogP contribution is -2.10. The third-order valence-corrected chi connectivity index (χ3v) is 27.2. The molecule has 26 aromatic rings. The molecule has 26 rings (SSSR count). The summed E-state index contributed by atoms with van der Waals surface area (Å²) in [5.41, 5.74) is 35.4. The Labute approximate surface area is 814 Å². The molecule has 140 heavy (non-hydrogen) atoms. The number of aromatic nitrogens is 3. The smallest absolute Gasteiger partial charge is 0.0541 e. The summed E-state index contributed by atoms with van der Waals surface area (Å²) >= 11 is 0. The van der Waals surface area contributed by atoms with Crippen LogP contribution in [0, 0.1) is 0 Å². The van der Waals surface area contributed by atoms with Crippen molar-refractivity contribution in [1.29, 1.82) is 0 Å². The highest BCUT2D eigenvalue weighted by Crippen LogP contribution is 2.46. The van der Waals surface area contributed by atoms with Crippen molar-refractivity contribution in [2.24, 2.45) is 0 Å². The minimum absolute atomic E-state index is 1.11. The fourth-order valence-electron chi connectivity index (χ4n) is 20.4. The van der Waals surface area contributed by atoms with Crippen LogP contribution in [-0.2, 0) is 0 Å². The van der Waals surface area contributed by atoms with E-state index in [-0.39, 0.29) is 0 Å². The molecule has 0 aliphatic rings. The lowest BCUT2D eigenvalue weighted by molar-refractivity contribution is 1.18. The van der Waals surface area contributed by atoms with E-state index in [2.05, 4.69) is 599 Å². The maximum atomic E-state index is 2.37. The molecule has 0 aliphatic carbocycles. The van der Waals surface area contributed by atoms with Crippen LogP contribution in [0.5, 0.6) is 0 Å². The van der Waals surface area contributed by atoms with Gasteiger partial charge in [-0.3, -0.25) is 0 Å². The van der Waals surface area contributed by atoms with E-state index in [9.17, 15) is 0 Å². The first-order valence-corrected chi connectivity index (χ1v) is 47.9. The predicted octanol–water partition coefficient (Wildman–Crippen LogP) is 37.1. The Balaban J connectivity index is 0.000000114. The van der Waals surface area contributed by atoms with Crippen molar-refractivity contribution in [1.82, 2.24) is 13.7 Å². The Morgan fingerprint density at radius 1 is 0.107 bits per heavy atom. The van der Waals surface area contributed by atoms with Crippen LogP contribution in [0.1, 0.15) is 0 Å². The summed E-state index contributed by atoms with van der Waals surface area (Å²) < 4.78 is 7.09. The van der Waals surface area contributed by atoms with Gasteiger partial charge in [-0.2, -0.15) is 0 Å². The number of nitrogens with zero attached hydrogens (tertiary/aromatic N) is 6. The SMILES string of the molecule is c1ccc(-c2ccc(N(c3ccc(-c4ccc(-n5c6ccccc6c6ccccc65)cc4)cc3)c3cccc4ccccc34)cc2)cc1.c1ccc(-c2ccc(N(c3ccc(-c4ccccc4)cc3)c3ccc(-c4ccc(-n5c6ccccc6c6ccccc65)cc4)cc3)cc2)cc1.c1ccc(N(c2ccc(-c3ccc(-n4c5ccccc5c5ccccc54)cc3)cc2)c2cccc3ccccc23)cc1. The second-order valence-corrected chi connectivity index (χ2v) is 35.5. The van der Waals surface area contributed by atoms with Crippen LogP contribution >= 0.6 is 0 Å². The van der Waals surface area contributed by atoms with Gasteiger partial charge in [0.25, 0.3) is 0 Å². The number of fused-ring (bicyclic) bond motifs is 11. The van der Waals surface area contributed by atoms with E-state index in [0.29, 0.717) is 0 Å². The molecule has 0 spiro atoms. The van der Waals surface area contributed by atoms with Gasteiger partial charge in [0.1, 0.15) is 0 Å². The highest BCUT2D eigenvalue weighted by Gasteiger charge is 2.23. The van der Waals surface area contributed by atoms with E-state index in [4.69, 9.17) is 0 Å². The normalized spacial score (nSPS) is 11.3. The van der Waals surface area contributed by atoms with Crippen LogP contribution in [0.3, 0.4) is 0 Å². The quantitative estimate of drug-likeness (QED) is 0.0856. The molecule has 0 atom stereocenters. The molecule has 0 amide bonds. The first-order valence-electron chi connectivity index (χ1n) is 47.9. The number of benzene rings is 23. The standard InChI is InChI=1S/C48H34N2.C46H32N2.C40H28N2/c1-3-11-35(12-4-1)37-19-27-41(28-20-37)49(42-29-21-38(22-30-42)36-13-5-2-6-14-36)43-31-23-39(24-32-43)40-25-33-44(34-26-40)50-47-17-9-7-15-45(47)46-16-8-10-18-48(46)50;1-2-11-33(12-3-1)34-21-27-38(28-22-34)47(44-20-10-14-37-13-4-5-15-41(37)44)39-29-23-35(24-30-39)36-25-31-40(32-26-36)48-45-18-8-6-16-42(45)43-17-7-9-19-46(43)48;1-2-13-32(14-3-1)41(38-20-10-12-31-11-4-5-15-35(31)38)33-25-21-29(22-26-33)30-23-27-34(28-24-30)42-39-18-8-6-16-36(39)37-17-7-9-19-40(37)42/h1-34H;1-32H;1-28H. The number of hydrogen-bond donors (Lipinski definition) is 0. The number of hydrogen-bond acceptors (Lipinski definition) is 3. The van der Waals surface area contributed by atoms with Crippen molar-refractivity contribution >= 4 is 138 Å². The second kappa shape index (κ2) is 37.7. The number of anilines is 9. The minimum Gasteiger partial charge on any atom is -0.311 e. The molecule has 3 aromatic heterocycles. The van der Waals surface area contributed by atoms with E-state index in [0.717, 1.165) is 56.9 Å². The Hall–Kier alpha value is -18.6. The average molecular weight is 1790 g/mol. The fourth-order valence-corrected chi connectivity index (χ4v) is 20.4. The van der Waals surface area contributed by atoms with Crippen molar-refractivity contribution in [2.75, 3.05) is 14.7 Å². The second-order valence-electron chi connectivity index (χ2n) is 35.5. The van der Waals surface area contributed by atoms with Crippen molar-refractivity contribution in [3.8, 4) is 83.8 Å². The summed E-state index contributed by atoms with van der Waals surface area (Å²) in [6.45, 7) is 0. The highest BCUT2D eigenvalue weighted by atomic mass is 15.2. The van der Waals surface area contributed by atoms with Gasteiger partial charge in [-0.25, -0.2) is 0 Å². The Kier molecular flexibility index (Phi) is 22.7. The molecule has 6 nitrogen and oxygen atoms in total. The molecule has 0 aliphatic heterocycles. The molecule has 23 aromatic carbocycles. The van der Waals surface area contributed by atoms with Gasteiger partial charge in [0.2, 0.25) is 0 Å². The van der Waals surface area contributed by atoms with E-state index < -0.39 is 0 Å². The molecule has 3 heterocycles. The van der Waals surface area contributed by atoms with Crippen LogP contribution < -0.4 is 14.7 Å². The van der Waals surface area contributed by atoms with Gasteiger partial charge < -0.3 is 28.4 Å². The molecule has 0 unspecified atom stereocenters. The molecule has 0 saturated heterocycles. The largest absolute Gasteiger partial charge is 0.311 e. The molecule has 0 N–H and O–H groups in total. The van der Waals surface area contributed by atoms with E-state index in [1.165, 1.54) is 165 Å². The van der Waals surface area contributed by atoms with Gasteiger partial charge >= 0.3 is 0 Å². The zero-order chi connectivity index (χ0) is 93.0. The topological polar surface area (TPSA) is 24.5 Å². The molecular formula is C134H94N6. The predicted molar refractivity (Wildman–Crippen MR) is 594 cm³/mol. The third kappa shape index (κ3) is 16.4. The van der Waals surface area contributed by atoms with Crippen LogP contribution in [-0.4, -0.2) is 13.7 Å². The third-order valence-electron chi connectivity index (χ3n) is 27.2. The van der Waals surface area contributed by atoms with Gasteiger partial charge in [0, 0.05) is 100.0 Å². The Bertz CT molecular complexity index is 8640. The molecule has 0 radical (unpaired) electrons. The minimum atomic E-state index is 1.11.